The van der Waals surface area contributed by atoms with Crippen molar-refractivity contribution in [3.63, 3.8) is 0 Å². The van der Waals surface area contributed by atoms with Gasteiger partial charge in [0.1, 0.15) is 5.56 Å². The van der Waals surface area contributed by atoms with Crippen LogP contribution in [0.1, 0.15) is 21.9 Å². The van der Waals surface area contributed by atoms with Crippen LogP contribution in [0.2, 0.25) is 0 Å². The third-order valence-electron chi connectivity index (χ3n) is 3.53. The summed E-state index contributed by atoms with van der Waals surface area (Å²) in [5, 5.41) is 7.46. The molecule has 0 atom stereocenters. The van der Waals surface area contributed by atoms with Crippen LogP contribution in [-0.2, 0) is 11.3 Å². The van der Waals surface area contributed by atoms with Crippen LogP contribution in [0.15, 0.2) is 27.2 Å². The number of hydrogen-bond donors (Lipinski definition) is 1. The fourth-order valence-corrected chi connectivity index (χ4v) is 2.24. The predicted octanol–water partition coefficient (Wildman–Crippen LogP) is 1.99. The molecular weight excluding hydrogens is 344 g/mol. The minimum Gasteiger partial charge on any atom is -0.493 e. The number of carbonyl (C=O) groups excluding carboxylic acids is 1. The lowest BCUT2D eigenvalue weighted by Crippen LogP contribution is -2.08. The molecule has 0 unspecified atom stereocenters. The summed E-state index contributed by atoms with van der Waals surface area (Å²) in [4.78, 5) is 16.2. The first-order valence-electron chi connectivity index (χ1n) is 7.47. The number of nitrogens with zero attached hydrogens (tertiary/aromatic N) is 3. The number of carbonyl (C=O) groups is 1. The van der Waals surface area contributed by atoms with Gasteiger partial charge in [0.2, 0.25) is 11.7 Å². The first-order chi connectivity index (χ1) is 12.5. The molecule has 0 saturated heterocycles. The smallest absolute Gasteiger partial charge is 0.346 e. The van der Waals surface area contributed by atoms with E-state index in [1.165, 1.54) is 7.11 Å². The van der Waals surface area contributed by atoms with E-state index in [2.05, 4.69) is 15.3 Å². The van der Waals surface area contributed by atoms with Gasteiger partial charge in [-0.2, -0.15) is 4.98 Å². The van der Waals surface area contributed by atoms with Crippen LogP contribution >= 0.6 is 0 Å². The topological polar surface area (TPSA) is 136 Å². The monoisotopic (exact) mass is 360 g/mol. The maximum Gasteiger partial charge on any atom is 0.346 e. The highest BCUT2D eigenvalue weighted by atomic mass is 16.6. The van der Waals surface area contributed by atoms with Crippen LogP contribution in [-0.4, -0.2) is 35.5 Å². The number of esters is 1. The van der Waals surface area contributed by atoms with Crippen LogP contribution in [0.4, 0.5) is 5.88 Å². The zero-order valence-corrected chi connectivity index (χ0v) is 14.3. The van der Waals surface area contributed by atoms with Crippen LogP contribution in [0.25, 0.3) is 11.4 Å². The molecule has 136 valence electrons. The number of nitrogen functional groups attached to an aromatic ring is 1. The van der Waals surface area contributed by atoms with Gasteiger partial charge in [0.15, 0.2) is 18.1 Å². The van der Waals surface area contributed by atoms with E-state index in [1.54, 1.807) is 32.2 Å². The highest BCUT2D eigenvalue weighted by Gasteiger charge is 2.21. The largest absolute Gasteiger partial charge is 0.493 e. The Kier molecular flexibility index (Phi) is 4.74. The zero-order chi connectivity index (χ0) is 18.7. The van der Waals surface area contributed by atoms with Crippen molar-refractivity contribution in [2.24, 2.45) is 0 Å². The van der Waals surface area contributed by atoms with E-state index in [0.717, 1.165) is 0 Å². The van der Waals surface area contributed by atoms with Gasteiger partial charge in [-0.15, -0.1) is 0 Å². The van der Waals surface area contributed by atoms with E-state index >= 15 is 0 Å². The van der Waals surface area contributed by atoms with E-state index in [-0.39, 0.29) is 23.9 Å². The molecule has 3 aromatic rings. The lowest BCUT2D eigenvalue weighted by molar-refractivity contribution is 0.0430. The Balaban J connectivity index is 1.71. The second-order valence-corrected chi connectivity index (χ2v) is 5.16. The second kappa shape index (κ2) is 7.13. The molecule has 2 N–H and O–H groups in total. The lowest BCUT2D eigenvalue weighted by atomic mass is 10.2. The van der Waals surface area contributed by atoms with Gasteiger partial charge in [-0.05, 0) is 25.1 Å². The number of methoxy groups -OCH3 is 2. The van der Waals surface area contributed by atoms with Crippen molar-refractivity contribution in [3.05, 3.63) is 35.3 Å². The van der Waals surface area contributed by atoms with Gasteiger partial charge in [-0.1, -0.05) is 10.3 Å². The van der Waals surface area contributed by atoms with Gasteiger partial charge < -0.3 is 29.0 Å². The van der Waals surface area contributed by atoms with E-state index in [4.69, 9.17) is 29.0 Å². The second-order valence-electron chi connectivity index (χ2n) is 5.16. The third-order valence-corrected chi connectivity index (χ3v) is 3.53. The Labute approximate surface area is 147 Å². The Bertz CT molecular complexity index is 913. The van der Waals surface area contributed by atoms with E-state index in [9.17, 15) is 4.79 Å². The molecule has 0 bridgehead atoms. The fraction of sp³-hybridized carbons (Fsp3) is 0.250. The summed E-state index contributed by atoms with van der Waals surface area (Å²) in [6, 6.07) is 5.19. The molecule has 0 radical (unpaired) electrons. The minimum atomic E-state index is -0.688. The Morgan fingerprint density at radius 1 is 1.15 bits per heavy atom. The Morgan fingerprint density at radius 3 is 2.58 bits per heavy atom. The molecule has 3 rings (SSSR count). The number of ether oxygens (including phenoxy) is 3. The highest BCUT2D eigenvalue weighted by Crippen LogP contribution is 2.31. The van der Waals surface area contributed by atoms with Crippen molar-refractivity contribution >= 4 is 11.9 Å². The quantitative estimate of drug-likeness (QED) is 0.650. The van der Waals surface area contributed by atoms with Crippen molar-refractivity contribution in [3.8, 4) is 22.9 Å². The average molecular weight is 360 g/mol. The zero-order valence-electron chi connectivity index (χ0n) is 14.3. The summed E-state index contributed by atoms with van der Waals surface area (Å²) in [5.74, 6) is 0.751. The summed E-state index contributed by atoms with van der Waals surface area (Å²) in [6.07, 6.45) is 0. The lowest BCUT2D eigenvalue weighted by Gasteiger charge is -2.07. The molecule has 0 amide bonds. The molecule has 0 spiro atoms. The molecule has 26 heavy (non-hydrogen) atoms. The molecule has 0 aliphatic carbocycles. The summed E-state index contributed by atoms with van der Waals surface area (Å²) >= 11 is 0. The molecule has 2 heterocycles. The van der Waals surface area contributed by atoms with Crippen molar-refractivity contribution in [2.75, 3.05) is 20.0 Å². The molecule has 0 aliphatic rings. The van der Waals surface area contributed by atoms with Gasteiger partial charge in [0.05, 0.1) is 19.9 Å². The van der Waals surface area contributed by atoms with E-state index < -0.39 is 5.97 Å². The molecule has 1 aromatic carbocycles. The maximum absolute atomic E-state index is 12.0. The number of rotatable bonds is 6. The third kappa shape index (κ3) is 3.29. The van der Waals surface area contributed by atoms with Crippen LogP contribution in [0.5, 0.6) is 11.5 Å². The molecule has 10 nitrogen and oxygen atoms in total. The van der Waals surface area contributed by atoms with Gasteiger partial charge in [0, 0.05) is 5.56 Å². The van der Waals surface area contributed by atoms with Gasteiger partial charge in [-0.25, -0.2) is 4.79 Å². The number of anilines is 1. The van der Waals surface area contributed by atoms with Crippen LogP contribution in [0.3, 0.4) is 0 Å². The Morgan fingerprint density at radius 2 is 1.92 bits per heavy atom. The van der Waals surface area contributed by atoms with Crippen molar-refractivity contribution in [1.82, 2.24) is 15.3 Å². The van der Waals surface area contributed by atoms with Gasteiger partial charge in [0.25, 0.3) is 5.89 Å². The van der Waals surface area contributed by atoms with Gasteiger partial charge >= 0.3 is 5.97 Å². The summed E-state index contributed by atoms with van der Waals surface area (Å²) in [6.45, 7) is 1.36. The summed E-state index contributed by atoms with van der Waals surface area (Å²) in [5.41, 5.74) is 6.61. The van der Waals surface area contributed by atoms with E-state index in [0.29, 0.717) is 28.6 Å². The Hall–Kier alpha value is -3.56. The SMILES string of the molecule is COc1ccc(-c2noc(COC(=O)c3c(C)noc3N)n2)cc1OC. The van der Waals surface area contributed by atoms with E-state index in [1.807, 2.05) is 0 Å². The summed E-state index contributed by atoms with van der Waals surface area (Å²) in [7, 11) is 3.07. The number of benzene rings is 1. The normalized spacial score (nSPS) is 10.6. The maximum atomic E-state index is 12.0. The van der Waals surface area contributed by atoms with Crippen molar-refractivity contribution in [2.45, 2.75) is 13.5 Å². The molecule has 0 saturated carbocycles. The fourth-order valence-electron chi connectivity index (χ4n) is 2.24. The average Bonchev–Trinajstić information content (AvgIpc) is 3.25. The standard InChI is InChI=1S/C16H16N4O6/c1-8-13(14(17)26-19-8)16(21)24-7-12-18-15(20-25-12)9-4-5-10(22-2)11(6-9)23-3/h4-6H,7,17H2,1-3H3. The number of hydrogen-bond acceptors (Lipinski definition) is 10. The van der Waals surface area contributed by atoms with Crippen LogP contribution < -0.4 is 15.2 Å². The van der Waals surface area contributed by atoms with Gasteiger partial charge in [-0.3, -0.25) is 0 Å². The minimum absolute atomic E-state index is 0.0737. The molecule has 10 heteroatoms. The highest BCUT2D eigenvalue weighted by molar-refractivity contribution is 5.94. The van der Waals surface area contributed by atoms with Crippen molar-refractivity contribution < 1.29 is 28.1 Å². The predicted molar refractivity (Wildman–Crippen MR) is 87.6 cm³/mol. The number of nitrogens with two attached hydrogens (primary N) is 1. The summed E-state index contributed by atoms with van der Waals surface area (Å²) < 4.78 is 25.3. The first kappa shape index (κ1) is 17.3. The molecule has 0 fully saturated rings. The molecular formula is C16H16N4O6. The first-order valence-corrected chi connectivity index (χ1v) is 7.47. The van der Waals surface area contributed by atoms with Crippen molar-refractivity contribution in [1.29, 1.82) is 0 Å². The van der Waals surface area contributed by atoms with Crippen LogP contribution in [0, 0.1) is 6.92 Å². The molecule has 0 aliphatic heterocycles. The number of aromatic nitrogens is 3. The number of aryl methyl sites for hydroxylation is 1. The molecule has 2 aromatic heterocycles.